The summed E-state index contributed by atoms with van der Waals surface area (Å²) in [5, 5.41) is 12.1. The molecule has 1 aromatic heterocycles. The van der Waals surface area contributed by atoms with Crippen LogP contribution in [-0.2, 0) is 22.4 Å². The van der Waals surface area contributed by atoms with Crippen molar-refractivity contribution >= 4 is 46.5 Å². The first-order valence-electron chi connectivity index (χ1n) is 10.1. The van der Waals surface area contributed by atoms with E-state index in [2.05, 4.69) is 36.2 Å². The quantitative estimate of drug-likeness (QED) is 0.503. The number of carbonyl (C=O) groups excluding carboxylic acids is 2. The van der Waals surface area contributed by atoms with Crippen LogP contribution in [0, 0.1) is 0 Å². The monoisotopic (exact) mass is 415 g/mol. The third kappa shape index (κ3) is 3.89. The van der Waals surface area contributed by atoms with Gasteiger partial charge in [-0.3, -0.25) is 9.59 Å². The molecule has 0 aliphatic carbocycles. The van der Waals surface area contributed by atoms with Gasteiger partial charge in [0.25, 0.3) is 0 Å². The number of fused-ring (bicyclic) bond motifs is 2. The van der Waals surface area contributed by atoms with Crippen molar-refractivity contribution in [2.45, 2.75) is 32.6 Å². The molecule has 9 heteroatoms. The summed E-state index contributed by atoms with van der Waals surface area (Å²) in [6, 6.07) is 11.4. The topological polar surface area (TPSA) is 121 Å². The molecule has 156 valence electrons. The maximum atomic E-state index is 11.6. The number of hydrogen-bond acceptors (Lipinski definition) is 7. The van der Waals surface area contributed by atoms with Crippen molar-refractivity contribution in [2.24, 2.45) is 0 Å². The molecule has 2 amide bonds. The maximum absolute atomic E-state index is 11.6. The van der Waals surface area contributed by atoms with E-state index in [1.807, 2.05) is 50.2 Å². The minimum atomic E-state index is -0.00794. The third-order valence-corrected chi connectivity index (χ3v) is 5.15. The van der Waals surface area contributed by atoms with Crippen LogP contribution >= 0.6 is 0 Å². The van der Waals surface area contributed by atoms with Crippen LogP contribution in [0.5, 0.6) is 0 Å². The molecule has 0 bridgehead atoms. The average molecular weight is 415 g/mol. The highest BCUT2D eigenvalue weighted by Gasteiger charge is 2.19. The van der Waals surface area contributed by atoms with E-state index in [-0.39, 0.29) is 17.7 Å². The van der Waals surface area contributed by atoms with Gasteiger partial charge >= 0.3 is 0 Å². The van der Waals surface area contributed by atoms with Gasteiger partial charge in [-0.25, -0.2) is 0 Å². The lowest BCUT2D eigenvalue weighted by molar-refractivity contribution is -0.115. The summed E-state index contributed by atoms with van der Waals surface area (Å²) in [6.07, 6.45) is 0.794. The van der Waals surface area contributed by atoms with Crippen molar-refractivity contribution in [3.05, 3.63) is 53.3 Å². The second-order valence-electron chi connectivity index (χ2n) is 7.94. The van der Waals surface area contributed by atoms with Gasteiger partial charge in [0, 0.05) is 28.7 Å². The van der Waals surface area contributed by atoms with Gasteiger partial charge in [0.1, 0.15) is 5.82 Å². The Hall–Kier alpha value is -4.01. The van der Waals surface area contributed by atoms with Crippen molar-refractivity contribution < 1.29 is 9.59 Å². The molecule has 4 N–H and O–H groups in total. The SMILES string of the molecule is CC(C)c1nc(Nc2ccc3c(c2)NC(=O)C3)nc(Nc2ccc3c(c2)NC(=O)C3)n1. The number of nitrogens with zero attached hydrogens (tertiary/aromatic N) is 3. The van der Waals surface area contributed by atoms with E-state index in [1.165, 1.54) is 0 Å². The van der Waals surface area contributed by atoms with Crippen LogP contribution in [-0.4, -0.2) is 26.8 Å². The highest BCUT2D eigenvalue weighted by Crippen LogP contribution is 2.29. The van der Waals surface area contributed by atoms with E-state index < -0.39 is 0 Å². The smallest absolute Gasteiger partial charge is 0.232 e. The number of rotatable bonds is 5. The fraction of sp³-hybridized carbons (Fsp3) is 0.227. The second kappa shape index (κ2) is 7.35. The Bertz CT molecular complexity index is 1130. The summed E-state index contributed by atoms with van der Waals surface area (Å²) in [4.78, 5) is 36.8. The van der Waals surface area contributed by atoms with Gasteiger partial charge in [-0.15, -0.1) is 0 Å². The number of anilines is 6. The molecular weight excluding hydrogens is 394 g/mol. The van der Waals surface area contributed by atoms with E-state index in [9.17, 15) is 9.59 Å². The van der Waals surface area contributed by atoms with Crippen molar-refractivity contribution in [1.29, 1.82) is 0 Å². The zero-order valence-electron chi connectivity index (χ0n) is 17.1. The molecule has 3 aromatic rings. The summed E-state index contributed by atoms with van der Waals surface area (Å²) in [7, 11) is 0. The zero-order valence-corrected chi connectivity index (χ0v) is 17.1. The van der Waals surface area contributed by atoms with Gasteiger partial charge < -0.3 is 21.3 Å². The third-order valence-electron chi connectivity index (χ3n) is 5.15. The first-order chi connectivity index (χ1) is 14.9. The van der Waals surface area contributed by atoms with Crippen LogP contribution < -0.4 is 21.3 Å². The van der Waals surface area contributed by atoms with E-state index >= 15 is 0 Å². The average Bonchev–Trinajstić information content (AvgIpc) is 3.27. The molecule has 2 aliphatic heterocycles. The highest BCUT2D eigenvalue weighted by atomic mass is 16.2. The van der Waals surface area contributed by atoms with Crippen molar-refractivity contribution in [3.8, 4) is 0 Å². The molecular formula is C22H21N7O2. The lowest BCUT2D eigenvalue weighted by Gasteiger charge is -2.13. The Labute approximate surface area is 178 Å². The zero-order chi connectivity index (χ0) is 21.5. The molecule has 3 heterocycles. The molecule has 0 fully saturated rings. The fourth-order valence-corrected chi connectivity index (χ4v) is 3.60. The van der Waals surface area contributed by atoms with Crippen molar-refractivity contribution in [2.75, 3.05) is 21.3 Å². The Morgan fingerprint density at radius 1 is 0.774 bits per heavy atom. The molecule has 0 unspecified atom stereocenters. The summed E-state index contributed by atoms with van der Waals surface area (Å²) in [5.74, 6) is 1.53. The summed E-state index contributed by atoms with van der Waals surface area (Å²) in [6.45, 7) is 4.03. The van der Waals surface area contributed by atoms with Crippen LogP contribution in [0.25, 0.3) is 0 Å². The molecule has 5 rings (SSSR count). The molecule has 2 aliphatic rings. The lowest BCUT2D eigenvalue weighted by Crippen LogP contribution is -2.08. The Balaban J connectivity index is 1.42. The molecule has 2 aromatic carbocycles. The number of nitrogens with one attached hydrogen (secondary N) is 4. The Morgan fingerprint density at radius 3 is 1.71 bits per heavy atom. The van der Waals surface area contributed by atoms with Crippen LogP contribution in [0.1, 0.15) is 36.7 Å². The fourth-order valence-electron chi connectivity index (χ4n) is 3.60. The van der Waals surface area contributed by atoms with Gasteiger partial charge in [-0.2, -0.15) is 15.0 Å². The predicted octanol–water partition coefficient (Wildman–Crippen LogP) is 3.47. The van der Waals surface area contributed by atoms with E-state index in [4.69, 9.17) is 0 Å². The summed E-state index contributed by atoms with van der Waals surface area (Å²) < 4.78 is 0. The summed E-state index contributed by atoms with van der Waals surface area (Å²) >= 11 is 0. The van der Waals surface area contributed by atoms with Gasteiger partial charge in [-0.1, -0.05) is 26.0 Å². The number of hydrogen-bond donors (Lipinski definition) is 4. The van der Waals surface area contributed by atoms with Crippen LogP contribution in [0.4, 0.5) is 34.6 Å². The number of amides is 2. The van der Waals surface area contributed by atoms with Crippen molar-refractivity contribution in [1.82, 2.24) is 15.0 Å². The first-order valence-corrected chi connectivity index (χ1v) is 10.1. The largest absolute Gasteiger partial charge is 0.325 e. The maximum Gasteiger partial charge on any atom is 0.232 e. The molecule has 0 spiro atoms. The number of carbonyl (C=O) groups is 2. The molecule has 0 radical (unpaired) electrons. The lowest BCUT2D eigenvalue weighted by atomic mass is 10.1. The van der Waals surface area contributed by atoms with E-state index in [1.54, 1.807) is 0 Å². The first kappa shape index (κ1) is 19.0. The molecule has 0 saturated heterocycles. The van der Waals surface area contributed by atoms with E-state index in [0.717, 1.165) is 33.9 Å². The van der Waals surface area contributed by atoms with Gasteiger partial charge in [-0.05, 0) is 35.4 Å². The molecule has 9 nitrogen and oxygen atoms in total. The minimum Gasteiger partial charge on any atom is -0.325 e. The highest BCUT2D eigenvalue weighted by molar-refractivity contribution is 6.00. The predicted molar refractivity (Wildman–Crippen MR) is 118 cm³/mol. The minimum absolute atomic E-state index is 0.00794. The molecule has 31 heavy (non-hydrogen) atoms. The van der Waals surface area contributed by atoms with E-state index in [0.29, 0.717) is 30.6 Å². The standard InChI is InChI=1S/C22H21N7O2/c1-11(2)20-27-21(23-14-5-3-12-7-18(30)25-16(12)9-14)29-22(28-20)24-15-6-4-13-8-19(31)26-17(13)10-15/h3-6,9-11H,7-8H2,1-2H3,(H,25,30)(H,26,31)(H2,23,24,27,28,29). The Kier molecular flexibility index (Phi) is 4.50. The second-order valence-corrected chi connectivity index (χ2v) is 7.94. The van der Waals surface area contributed by atoms with Crippen LogP contribution in [0.2, 0.25) is 0 Å². The molecule has 0 atom stereocenters. The van der Waals surface area contributed by atoms with Gasteiger partial charge in [0.2, 0.25) is 23.7 Å². The van der Waals surface area contributed by atoms with Crippen LogP contribution in [0.15, 0.2) is 36.4 Å². The van der Waals surface area contributed by atoms with Gasteiger partial charge in [0.15, 0.2) is 0 Å². The number of aromatic nitrogens is 3. The number of benzene rings is 2. The van der Waals surface area contributed by atoms with Crippen molar-refractivity contribution in [3.63, 3.8) is 0 Å². The molecule has 0 saturated carbocycles. The normalized spacial score (nSPS) is 14.2. The van der Waals surface area contributed by atoms with Gasteiger partial charge in [0.05, 0.1) is 12.8 Å². The van der Waals surface area contributed by atoms with Crippen LogP contribution in [0.3, 0.4) is 0 Å². The summed E-state index contributed by atoms with van der Waals surface area (Å²) in [5.41, 5.74) is 5.08. The Morgan fingerprint density at radius 2 is 1.26 bits per heavy atom.